The first-order valence-electron chi connectivity index (χ1n) is 5.95. The number of hydrogen-bond donors (Lipinski definition) is 2. The normalized spacial score (nSPS) is 10.2. The van der Waals surface area contributed by atoms with Gasteiger partial charge >= 0.3 is 5.97 Å². The van der Waals surface area contributed by atoms with Gasteiger partial charge in [0.2, 0.25) is 5.75 Å². The first kappa shape index (κ1) is 15.0. The Balaban J connectivity index is 2.64. The molecule has 0 unspecified atom stereocenters. The Bertz CT molecular complexity index is 680. The Morgan fingerprint density at radius 2 is 1.81 bits per heavy atom. The van der Waals surface area contributed by atoms with Crippen LogP contribution in [0.3, 0.4) is 0 Å². The molecule has 0 spiro atoms. The molecule has 0 saturated carbocycles. The number of carbonyl (C=O) groups is 1. The molecule has 0 fully saturated rings. The van der Waals surface area contributed by atoms with Crippen molar-refractivity contribution in [2.45, 2.75) is 0 Å². The number of hydrogen-bond acceptors (Lipinski definition) is 6. The number of methoxy groups -OCH3 is 3. The van der Waals surface area contributed by atoms with Crippen molar-refractivity contribution in [2.75, 3.05) is 27.1 Å². The molecule has 7 heteroatoms. The highest BCUT2D eigenvalue weighted by Gasteiger charge is 2.21. The Morgan fingerprint density at radius 1 is 1.14 bits per heavy atom. The van der Waals surface area contributed by atoms with Gasteiger partial charge in [-0.2, -0.15) is 0 Å². The van der Waals surface area contributed by atoms with Gasteiger partial charge in [-0.25, -0.2) is 4.79 Å². The number of benzene rings is 1. The minimum Gasteiger partial charge on any atom is -0.493 e. The summed E-state index contributed by atoms with van der Waals surface area (Å²) in [6.07, 6.45) is 0. The summed E-state index contributed by atoms with van der Waals surface area (Å²) in [5.74, 6) is 0.390. The zero-order valence-electron chi connectivity index (χ0n) is 11.8. The second kappa shape index (κ2) is 5.92. The van der Waals surface area contributed by atoms with Crippen LogP contribution < -0.4 is 19.9 Å². The van der Waals surface area contributed by atoms with Gasteiger partial charge < -0.3 is 25.1 Å². The van der Waals surface area contributed by atoms with E-state index in [2.05, 4.69) is 0 Å². The number of nitrogens with two attached hydrogens (primary N) is 1. The van der Waals surface area contributed by atoms with Crippen LogP contribution in [0.5, 0.6) is 17.2 Å². The predicted octanol–water partition coefficient (Wildman–Crippen LogP) is 2.72. The topological polar surface area (TPSA) is 91.0 Å². The van der Waals surface area contributed by atoms with E-state index >= 15 is 0 Å². The summed E-state index contributed by atoms with van der Waals surface area (Å²) in [7, 11) is 4.55. The van der Waals surface area contributed by atoms with Gasteiger partial charge in [0.25, 0.3) is 0 Å². The van der Waals surface area contributed by atoms with Crippen molar-refractivity contribution in [1.29, 1.82) is 0 Å². The molecule has 0 radical (unpaired) electrons. The van der Waals surface area contributed by atoms with E-state index in [9.17, 15) is 4.79 Å². The largest absolute Gasteiger partial charge is 0.493 e. The number of thiophene rings is 1. The van der Waals surface area contributed by atoms with Crippen molar-refractivity contribution in [3.63, 3.8) is 0 Å². The summed E-state index contributed by atoms with van der Waals surface area (Å²) in [6, 6.07) is 5.11. The van der Waals surface area contributed by atoms with Crippen molar-refractivity contribution in [1.82, 2.24) is 0 Å². The lowest BCUT2D eigenvalue weighted by Crippen LogP contribution is -1.96. The standard InChI is InChI=1S/C14H15NO5S/c1-18-9-5-4-7(11(19-2)12(9)20-3)10-6-8(15)13(21-10)14(16)17/h4-6H,15H2,1-3H3,(H,16,17). The molecular weight excluding hydrogens is 294 g/mol. The highest BCUT2D eigenvalue weighted by atomic mass is 32.1. The molecule has 21 heavy (non-hydrogen) atoms. The van der Waals surface area contributed by atoms with E-state index in [0.717, 1.165) is 11.3 Å². The smallest absolute Gasteiger partial charge is 0.348 e. The molecule has 6 nitrogen and oxygen atoms in total. The van der Waals surface area contributed by atoms with Crippen LogP contribution in [0.4, 0.5) is 5.69 Å². The molecule has 3 N–H and O–H groups in total. The van der Waals surface area contributed by atoms with E-state index in [1.807, 2.05) is 0 Å². The van der Waals surface area contributed by atoms with Crippen LogP contribution >= 0.6 is 11.3 Å². The summed E-state index contributed by atoms with van der Waals surface area (Å²) in [5.41, 5.74) is 6.65. The van der Waals surface area contributed by atoms with E-state index in [1.54, 1.807) is 18.2 Å². The molecule has 0 aliphatic heterocycles. The zero-order valence-corrected chi connectivity index (χ0v) is 12.6. The zero-order chi connectivity index (χ0) is 15.6. The van der Waals surface area contributed by atoms with Crippen LogP contribution in [0.1, 0.15) is 9.67 Å². The summed E-state index contributed by atoms with van der Waals surface area (Å²) >= 11 is 1.08. The summed E-state index contributed by atoms with van der Waals surface area (Å²) in [5, 5.41) is 9.09. The third-order valence-corrected chi connectivity index (χ3v) is 4.10. The van der Waals surface area contributed by atoms with Gasteiger partial charge in [0, 0.05) is 10.4 Å². The van der Waals surface area contributed by atoms with Gasteiger partial charge in [0.05, 0.1) is 27.0 Å². The van der Waals surface area contributed by atoms with Gasteiger partial charge in [-0.05, 0) is 18.2 Å². The molecule has 1 aromatic heterocycles. The van der Waals surface area contributed by atoms with E-state index < -0.39 is 5.97 Å². The number of nitrogen functional groups attached to an aromatic ring is 1. The molecule has 0 bridgehead atoms. The van der Waals surface area contributed by atoms with Crippen LogP contribution in [-0.2, 0) is 0 Å². The molecule has 0 amide bonds. The maximum absolute atomic E-state index is 11.1. The van der Waals surface area contributed by atoms with Crippen LogP contribution in [0.15, 0.2) is 18.2 Å². The van der Waals surface area contributed by atoms with Crippen molar-refractivity contribution < 1.29 is 24.1 Å². The third-order valence-electron chi connectivity index (χ3n) is 2.92. The Morgan fingerprint density at radius 3 is 2.29 bits per heavy atom. The van der Waals surface area contributed by atoms with Crippen LogP contribution in [-0.4, -0.2) is 32.4 Å². The van der Waals surface area contributed by atoms with Gasteiger partial charge in [0.15, 0.2) is 11.5 Å². The molecule has 2 rings (SSSR count). The SMILES string of the molecule is COc1ccc(-c2cc(N)c(C(=O)O)s2)c(OC)c1OC. The van der Waals surface area contributed by atoms with Gasteiger partial charge in [-0.15, -0.1) is 11.3 Å². The van der Waals surface area contributed by atoms with Crippen molar-refractivity contribution in [3.8, 4) is 27.7 Å². The van der Waals surface area contributed by atoms with Crippen LogP contribution in [0, 0.1) is 0 Å². The number of rotatable bonds is 5. The second-order valence-electron chi connectivity index (χ2n) is 4.08. The fourth-order valence-electron chi connectivity index (χ4n) is 2.00. The summed E-state index contributed by atoms with van der Waals surface area (Å²) in [6.45, 7) is 0. The predicted molar refractivity (Wildman–Crippen MR) is 80.8 cm³/mol. The quantitative estimate of drug-likeness (QED) is 0.882. The highest BCUT2D eigenvalue weighted by Crippen LogP contribution is 2.46. The average molecular weight is 309 g/mol. The number of aromatic carboxylic acids is 1. The second-order valence-corrected chi connectivity index (χ2v) is 5.13. The summed E-state index contributed by atoms with van der Waals surface area (Å²) in [4.78, 5) is 11.9. The lowest BCUT2D eigenvalue weighted by Gasteiger charge is -2.14. The van der Waals surface area contributed by atoms with Gasteiger partial charge in [-0.1, -0.05) is 0 Å². The summed E-state index contributed by atoms with van der Waals surface area (Å²) < 4.78 is 15.9. The van der Waals surface area contributed by atoms with E-state index in [1.165, 1.54) is 21.3 Å². The lowest BCUT2D eigenvalue weighted by molar-refractivity contribution is 0.0703. The fourth-order valence-corrected chi connectivity index (χ4v) is 2.94. The maximum atomic E-state index is 11.1. The molecule has 0 aliphatic carbocycles. The van der Waals surface area contributed by atoms with Gasteiger partial charge in [0.1, 0.15) is 4.88 Å². The molecule has 1 aromatic carbocycles. The Labute approximate surface area is 125 Å². The number of anilines is 1. The fraction of sp³-hybridized carbons (Fsp3) is 0.214. The number of carboxylic acid groups (broad SMARTS) is 1. The molecule has 0 saturated heterocycles. The van der Waals surface area contributed by atoms with Gasteiger partial charge in [-0.3, -0.25) is 0 Å². The molecule has 0 aliphatic rings. The van der Waals surface area contributed by atoms with Crippen LogP contribution in [0.2, 0.25) is 0 Å². The first-order valence-corrected chi connectivity index (χ1v) is 6.77. The Hall–Kier alpha value is -2.41. The molecule has 1 heterocycles. The number of ether oxygens (including phenoxy) is 3. The van der Waals surface area contributed by atoms with Crippen molar-refractivity contribution in [2.24, 2.45) is 0 Å². The monoisotopic (exact) mass is 309 g/mol. The molecule has 112 valence electrons. The van der Waals surface area contributed by atoms with E-state index in [0.29, 0.717) is 27.7 Å². The van der Waals surface area contributed by atoms with E-state index in [-0.39, 0.29) is 10.6 Å². The maximum Gasteiger partial charge on any atom is 0.348 e. The lowest BCUT2D eigenvalue weighted by atomic mass is 10.1. The molecule has 2 aromatic rings. The minimum atomic E-state index is -1.05. The van der Waals surface area contributed by atoms with Crippen LogP contribution in [0.25, 0.3) is 10.4 Å². The highest BCUT2D eigenvalue weighted by molar-refractivity contribution is 7.18. The first-order chi connectivity index (χ1) is 10.0. The number of carboxylic acids is 1. The third kappa shape index (κ3) is 2.59. The Kier molecular flexibility index (Phi) is 4.23. The van der Waals surface area contributed by atoms with E-state index in [4.69, 9.17) is 25.1 Å². The molecule has 0 atom stereocenters. The van der Waals surface area contributed by atoms with Crippen molar-refractivity contribution >= 4 is 23.0 Å². The minimum absolute atomic E-state index is 0.0989. The molecular formula is C14H15NO5S. The average Bonchev–Trinajstić information content (AvgIpc) is 2.87. The van der Waals surface area contributed by atoms with Crippen molar-refractivity contribution in [3.05, 3.63) is 23.1 Å².